The molecule has 2 atom stereocenters. The molecular weight excluding hydrogens is 244 g/mol. The predicted molar refractivity (Wildman–Crippen MR) is 77.9 cm³/mol. The second-order valence-electron chi connectivity index (χ2n) is 6.17. The zero-order chi connectivity index (χ0) is 13.2. The van der Waals surface area contributed by atoms with Crippen LogP contribution in [-0.4, -0.2) is 47.0 Å². The van der Waals surface area contributed by atoms with Crippen LogP contribution in [0.4, 0.5) is 0 Å². The normalized spacial score (nSPS) is 32.3. The van der Waals surface area contributed by atoms with E-state index in [1.807, 2.05) is 11.8 Å². The van der Waals surface area contributed by atoms with Crippen molar-refractivity contribution in [2.24, 2.45) is 5.92 Å². The third-order valence-electron chi connectivity index (χ3n) is 4.13. The molecule has 2 aliphatic heterocycles. The molecule has 2 unspecified atom stereocenters. The third-order valence-corrected chi connectivity index (χ3v) is 5.42. The van der Waals surface area contributed by atoms with E-state index in [-0.39, 0.29) is 10.8 Å². The first-order valence-electron chi connectivity index (χ1n) is 7.18. The highest BCUT2D eigenvalue weighted by Gasteiger charge is 2.34. The molecule has 2 fully saturated rings. The van der Waals surface area contributed by atoms with Gasteiger partial charge in [-0.25, -0.2) is 0 Å². The van der Waals surface area contributed by atoms with E-state index in [4.69, 9.17) is 0 Å². The van der Waals surface area contributed by atoms with E-state index >= 15 is 0 Å². The summed E-state index contributed by atoms with van der Waals surface area (Å²) in [7, 11) is 0. The summed E-state index contributed by atoms with van der Waals surface area (Å²) >= 11 is 1.98. The smallest absolute Gasteiger partial charge is 0.239 e. The molecule has 0 aliphatic carbocycles. The maximum Gasteiger partial charge on any atom is 0.239 e. The van der Waals surface area contributed by atoms with E-state index < -0.39 is 0 Å². The van der Waals surface area contributed by atoms with E-state index in [1.165, 1.54) is 12.8 Å². The second kappa shape index (κ2) is 5.83. The van der Waals surface area contributed by atoms with Crippen LogP contribution in [0.25, 0.3) is 0 Å². The summed E-state index contributed by atoms with van der Waals surface area (Å²) in [6.45, 7) is 9.52. The highest BCUT2D eigenvalue weighted by atomic mass is 32.2. The summed E-state index contributed by atoms with van der Waals surface area (Å²) in [5.41, 5.74) is 0. The first-order chi connectivity index (χ1) is 8.52. The van der Waals surface area contributed by atoms with Gasteiger partial charge in [-0.2, -0.15) is 11.8 Å². The lowest BCUT2D eigenvalue weighted by atomic mass is 9.89. The summed E-state index contributed by atoms with van der Waals surface area (Å²) in [5.74, 6) is 2.14. The largest absolute Gasteiger partial charge is 0.339 e. The lowest BCUT2D eigenvalue weighted by Crippen LogP contribution is -2.55. The molecule has 0 saturated carbocycles. The van der Waals surface area contributed by atoms with Crippen molar-refractivity contribution in [3.05, 3.63) is 0 Å². The number of piperidine rings is 1. The van der Waals surface area contributed by atoms with Crippen LogP contribution in [0, 0.1) is 5.92 Å². The summed E-state index contributed by atoms with van der Waals surface area (Å²) in [6.07, 6.45) is 3.45. The molecule has 1 amide bonds. The Morgan fingerprint density at radius 1 is 1.50 bits per heavy atom. The van der Waals surface area contributed by atoms with Crippen molar-refractivity contribution in [1.82, 2.24) is 10.2 Å². The van der Waals surface area contributed by atoms with Gasteiger partial charge in [0.05, 0.1) is 6.04 Å². The maximum absolute atomic E-state index is 12.6. The minimum atomic E-state index is 0.0719. The van der Waals surface area contributed by atoms with Gasteiger partial charge in [-0.3, -0.25) is 4.79 Å². The zero-order valence-corrected chi connectivity index (χ0v) is 12.7. The van der Waals surface area contributed by atoms with Crippen molar-refractivity contribution in [3.8, 4) is 0 Å². The molecule has 4 heteroatoms. The van der Waals surface area contributed by atoms with Crippen LogP contribution >= 0.6 is 11.8 Å². The highest BCUT2D eigenvalue weighted by molar-refractivity contribution is 8.00. The van der Waals surface area contributed by atoms with Crippen molar-refractivity contribution in [2.45, 2.75) is 50.8 Å². The molecule has 2 aliphatic rings. The Labute approximate surface area is 115 Å². The average molecular weight is 270 g/mol. The van der Waals surface area contributed by atoms with Crippen LogP contribution < -0.4 is 5.32 Å². The number of carbonyl (C=O) groups excluding carboxylic acids is 1. The Morgan fingerprint density at radius 2 is 2.28 bits per heavy atom. The fourth-order valence-electron chi connectivity index (χ4n) is 2.98. The molecule has 2 saturated heterocycles. The number of nitrogens with one attached hydrogen (secondary N) is 1. The van der Waals surface area contributed by atoms with Gasteiger partial charge >= 0.3 is 0 Å². The third kappa shape index (κ3) is 3.41. The van der Waals surface area contributed by atoms with Gasteiger partial charge < -0.3 is 10.2 Å². The molecule has 104 valence electrons. The molecule has 0 aromatic rings. The monoisotopic (exact) mass is 270 g/mol. The number of rotatable bonds is 2. The highest BCUT2D eigenvalue weighted by Crippen LogP contribution is 2.30. The Hall–Kier alpha value is -0.220. The zero-order valence-electron chi connectivity index (χ0n) is 11.9. The quantitative estimate of drug-likeness (QED) is 0.834. The molecule has 0 bridgehead atoms. The molecule has 18 heavy (non-hydrogen) atoms. The van der Waals surface area contributed by atoms with Gasteiger partial charge in [0.25, 0.3) is 0 Å². The van der Waals surface area contributed by atoms with Crippen LogP contribution in [0.3, 0.4) is 0 Å². The Morgan fingerprint density at radius 3 is 2.94 bits per heavy atom. The van der Waals surface area contributed by atoms with Gasteiger partial charge in [0.15, 0.2) is 0 Å². The van der Waals surface area contributed by atoms with Gasteiger partial charge in [-0.1, -0.05) is 13.3 Å². The first-order valence-corrected chi connectivity index (χ1v) is 8.16. The van der Waals surface area contributed by atoms with E-state index in [0.717, 1.165) is 37.7 Å². The van der Waals surface area contributed by atoms with E-state index in [0.29, 0.717) is 5.91 Å². The lowest BCUT2D eigenvalue weighted by molar-refractivity contribution is -0.134. The SMILES string of the molecule is CCC1CCNC(C(=O)N2CCSC(C)(C)C2)C1. The van der Waals surface area contributed by atoms with E-state index in [2.05, 4.69) is 31.0 Å². The number of hydrogen-bond donors (Lipinski definition) is 1. The fourth-order valence-corrected chi connectivity index (χ4v) is 4.09. The summed E-state index contributed by atoms with van der Waals surface area (Å²) in [6, 6.07) is 0.0719. The van der Waals surface area contributed by atoms with Crippen LogP contribution in [0.5, 0.6) is 0 Å². The second-order valence-corrected chi connectivity index (χ2v) is 7.98. The van der Waals surface area contributed by atoms with Gasteiger partial charge in [0.2, 0.25) is 5.91 Å². The number of thioether (sulfide) groups is 1. The minimum absolute atomic E-state index is 0.0719. The Balaban J connectivity index is 1.94. The molecule has 0 aromatic heterocycles. The maximum atomic E-state index is 12.6. The van der Waals surface area contributed by atoms with Crippen LogP contribution in [0.15, 0.2) is 0 Å². The van der Waals surface area contributed by atoms with E-state index in [9.17, 15) is 4.79 Å². The van der Waals surface area contributed by atoms with Crippen LogP contribution in [0.1, 0.15) is 40.0 Å². The van der Waals surface area contributed by atoms with Crippen LogP contribution in [-0.2, 0) is 4.79 Å². The fraction of sp³-hybridized carbons (Fsp3) is 0.929. The molecule has 3 nitrogen and oxygen atoms in total. The lowest BCUT2D eigenvalue weighted by Gasteiger charge is -2.40. The van der Waals surface area contributed by atoms with Crippen molar-refractivity contribution in [2.75, 3.05) is 25.4 Å². The number of carbonyl (C=O) groups is 1. The number of hydrogen-bond acceptors (Lipinski definition) is 3. The van der Waals surface area contributed by atoms with Crippen molar-refractivity contribution in [3.63, 3.8) is 0 Å². The number of nitrogens with zero attached hydrogens (tertiary/aromatic N) is 1. The van der Waals surface area contributed by atoms with Crippen molar-refractivity contribution < 1.29 is 4.79 Å². The molecule has 0 radical (unpaired) electrons. The van der Waals surface area contributed by atoms with E-state index in [1.54, 1.807) is 0 Å². The van der Waals surface area contributed by atoms with Gasteiger partial charge in [0, 0.05) is 23.6 Å². The van der Waals surface area contributed by atoms with Crippen molar-refractivity contribution >= 4 is 17.7 Å². The summed E-state index contributed by atoms with van der Waals surface area (Å²) in [4.78, 5) is 14.6. The summed E-state index contributed by atoms with van der Waals surface area (Å²) < 4.78 is 0.215. The molecule has 0 aromatic carbocycles. The van der Waals surface area contributed by atoms with Gasteiger partial charge in [0.1, 0.15) is 0 Å². The number of amides is 1. The first kappa shape index (κ1) is 14.2. The molecular formula is C14H26N2OS. The molecule has 2 rings (SSSR count). The standard InChI is InChI=1S/C14H26N2OS/c1-4-11-5-6-15-12(9-11)13(17)16-7-8-18-14(2,3)10-16/h11-12,15H,4-10H2,1-3H3. The minimum Gasteiger partial charge on any atom is -0.339 e. The molecule has 0 spiro atoms. The molecule has 2 heterocycles. The topological polar surface area (TPSA) is 32.3 Å². The van der Waals surface area contributed by atoms with Crippen molar-refractivity contribution in [1.29, 1.82) is 0 Å². The summed E-state index contributed by atoms with van der Waals surface area (Å²) in [5, 5.41) is 3.41. The van der Waals surface area contributed by atoms with Gasteiger partial charge in [-0.15, -0.1) is 0 Å². The van der Waals surface area contributed by atoms with Crippen LogP contribution in [0.2, 0.25) is 0 Å². The Kier molecular flexibility index (Phi) is 4.59. The van der Waals surface area contributed by atoms with Gasteiger partial charge in [-0.05, 0) is 39.2 Å². The Bertz CT molecular complexity index is 306. The average Bonchev–Trinajstić information content (AvgIpc) is 2.37. The predicted octanol–water partition coefficient (Wildman–Crippen LogP) is 2.12. The molecule has 1 N–H and O–H groups in total.